The van der Waals surface area contributed by atoms with Crippen molar-refractivity contribution in [3.8, 4) is 0 Å². The van der Waals surface area contributed by atoms with Gasteiger partial charge in [0.2, 0.25) is 5.91 Å². The minimum absolute atomic E-state index is 0.0748. The molecule has 124 valence electrons. The summed E-state index contributed by atoms with van der Waals surface area (Å²) in [7, 11) is 0. The van der Waals surface area contributed by atoms with Gasteiger partial charge in [0.05, 0.1) is 6.61 Å². The predicted molar refractivity (Wildman–Crippen MR) is 95.1 cm³/mol. The van der Waals surface area contributed by atoms with Crippen LogP contribution in [-0.2, 0) is 9.53 Å². The summed E-state index contributed by atoms with van der Waals surface area (Å²) >= 11 is 1.41. The van der Waals surface area contributed by atoms with Crippen LogP contribution < -0.4 is 5.32 Å². The van der Waals surface area contributed by atoms with Gasteiger partial charge in [0, 0.05) is 16.5 Å². The Morgan fingerprint density at radius 1 is 1.26 bits per heavy atom. The maximum absolute atomic E-state index is 12.5. The Morgan fingerprint density at radius 2 is 2.00 bits per heavy atom. The van der Waals surface area contributed by atoms with Gasteiger partial charge in [-0.2, -0.15) is 0 Å². The molecule has 2 rings (SSSR count). The van der Waals surface area contributed by atoms with Crippen LogP contribution in [0.5, 0.6) is 0 Å². The van der Waals surface area contributed by atoms with E-state index in [1.807, 2.05) is 45.0 Å². The molecule has 1 aromatic carbocycles. The zero-order valence-corrected chi connectivity index (χ0v) is 14.7. The van der Waals surface area contributed by atoms with E-state index >= 15 is 0 Å². The largest absolute Gasteiger partial charge is 0.462 e. The van der Waals surface area contributed by atoms with Crippen molar-refractivity contribution in [2.24, 2.45) is 5.92 Å². The molecule has 0 aliphatic rings. The van der Waals surface area contributed by atoms with Crippen molar-refractivity contribution in [2.75, 3.05) is 11.9 Å². The molecular formula is C18H23NO3S. The average molecular weight is 333 g/mol. The number of hydrogen-bond donors (Lipinski definition) is 1. The van der Waals surface area contributed by atoms with Crippen LogP contribution in [0.2, 0.25) is 0 Å². The third-order valence-corrected chi connectivity index (χ3v) is 4.46. The fraction of sp³-hybridized carbons (Fsp3) is 0.444. The number of carbonyl (C=O) groups excluding carboxylic acids is 2. The predicted octanol–water partition coefficient (Wildman–Crippen LogP) is 4.84. The van der Waals surface area contributed by atoms with Crippen LogP contribution in [0.15, 0.2) is 24.3 Å². The van der Waals surface area contributed by atoms with Crippen LogP contribution >= 0.6 is 11.3 Å². The van der Waals surface area contributed by atoms with E-state index in [4.69, 9.17) is 4.74 Å². The van der Waals surface area contributed by atoms with Crippen LogP contribution in [0.3, 0.4) is 0 Å². The number of ether oxygens (including phenoxy) is 1. The minimum atomic E-state index is -0.365. The monoisotopic (exact) mass is 333 g/mol. The summed E-state index contributed by atoms with van der Waals surface area (Å²) in [5.41, 5.74) is 0.471. The lowest BCUT2D eigenvalue weighted by atomic mass is 10.1. The van der Waals surface area contributed by atoms with Crippen LogP contribution in [0, 0.1) is 5.92 Å². The number of carbonyl (C=O) groups is 2. The average Bonchev–Trinajstić information content (AvgIpc) is 2.84. The molecule has 1 N–H and O–H groups in total. The Balaban J connectivity index is 2.29. The Kier molecular flexibility index (Phi) is 6.16. The summed E-state index contributed by atoms with van der Waals surface area (Å²) in [5.74, 6) is -0.172. The number of anilines is 1. The molecule has 0 aliphatic carbocycles. The molecule has 0 atom stereocenters. The first-order valence-electron chi connectivity index (χ1n) is 8.01. The van der Waals surface area contributed by atoms with Crippen molar-refractivity contribution < 1.29 is 14.3 Å². The van der Waals surface area contributed by atoms with Crippen LogP contribution in [-0.4, -0.2) is 18.5 Å². The standard InChI is InChI=1S/C18H23NO3S/c1-4-5-10-22-18(21)16-13-8-6-7-9-14(13)23-17(16)19-15(20)11-12(2)3/h6-9,12H,4-5,10-11H2,1-3H3,(H,19,20). The fourth-order valence-corrected chi connectivity index (χ4v) is 3.37. The van der Waals surface area contributed by atoms with E-state index in [1.165, 1.54) is 11.3 Å². The lowest BCUT2D eigenvalue weighted by molar-refractivity contribution is -0.116. The lowest BCUT2D eigenvalue weighted by Crippen LogP contribution is -2.16. The highest BCUT2D eigenvalue weighted by Crippen LogP contribution is 2.36. The zero-order chi connectivity index (χ0) is 16.8. The maximum atomic E-state index is 12.5. The molecule has 0 radical (unpaired) electrons. The van der Waals surface area contributed by atoms with Gasteiger partial charge in [-0.15, -0.1) is 11.3 Å². The summed E-state index contributed by atoms with van der Waals surface area (Å²) in [6.07, 6.45) is 2.23. The number of esters is 1. The third-order valence-electron chi connectivity index (χ3n) is 3.38. The smallest absolute Gasteiger partial charge is 0.341 e. The van der Waals surface area contributed by atoms with E-state index < -0.39 is 0 Å². The first kappa shape index (κ1) is 17.5. The summed E-state index contributed by atoms with van der Waals surface area (Å²) in [5, 5.41) is 4.30. The molecule has 0 saturated carbocycles. The quantitative estimate of drug-likeness (QED) is 0.582. The van der Waals surface area contributed by atoms with E-state index in [0.717, 1.165) is 22.9 Å². The van der Waals surface area contributed by atoms with Crippen molar-refractivity contribution in [3.05, 3.63) is 29.8 Å². The van der Waals surface area contributed by atoms with Gasteiger partial charge in [0.1, 0.15) is 10.6 Å². The van der Waals surface area contributed by atoms with Gasteiger partial charge in [-0.05, 0) is 18.4 Å². The molecule has 1 amide bonds. The minimum Gasteiger partial charge on any atom is -0.462 e. The number of hydrogen-bond acceptors (Lipinski definition) is 4. The number of rotatable bonds is 7. The molecule has 0 unspecified atom stereocenters. The normalized spacial score (nSPS) is 11.0. The second kappa shape index (κ2) is 8.11. The Labute approximate surface area is 140 Å². The fourth-order valence-electron chi connectivity index (χ4n) is 2.27. The molecule has 0 saturated heterocycles. The number of unbranched alkanes of at least 4 members (excludes halogenated alkanes) is 1. The molecule has 4 nitrogen and oxygen atoms in total. The Morgan fingerprint density at radius 3 is 2.70 bits per heavy atom. The Bertz CT molecular complexity index is 691. The zero-order valence-electron chi connectivity index (χ0n) is 13.8. The van der Waals surface area contributed by atoms with Crippen LogP contribution in [0.25, 0.3) is 10.1 Å². The number of amides is 1. The van der Waals surface area contributed by atoms with Gasteiger partial charge >= 0.3 is 5.97 Å². The highest BCUT2D eigenvalue weighted by molar-refractivity contribution is 7.23. The highest BCUT2D eigenvalue weighted by atomic mass is 32.1. The summed E-state index contributed by atoms with van der Waals surface area (Å²) in [6, 6.07) is 7.64. The van der Waals surface area contributed by atoms with Gasteiger partial charge in [0.15, 0.2) is 0 Å². The van der Waals surface area contributed by atoms with Gasteiger partial charge < -0.3 is 10.1 Å². The highest BCUT2D eigenvalue weighted by Gasteiger charge is 2.21. The SMILES string of the molecule is CCCCOC(=O)c1c(NC(=O)CC(C)C)sc2ccccc12. The van der Waals surface area contributed by atoms with E-state index in [2.05, 4.69) is 5.32 Å². The molecule has 0 spiro atoms. The summed E-state index contributed by atoms with van der Waals surface area (Å²) < 4.78 is 6.32. The summed E-state index contributed by atoms with van der Waals surface area (Å²) in [6.45, 7) is 6.43. The molecule has 0 fully saturated rings. The van der Waals surface area contributed by atoms with Crippen molar-refractivity contribution in [2.45, 2.75) is 40.0 Å². The second-order valence-corrected chi connectivity index (χ2v) is 6.99. The van der Waals surface area contributed by atoms with Crippen LogP contribution in [0.4, 0.5) is 5.00 Å². The molecule has 5 heteroatoms. The number of nitrogens with one attached hydrogen (secondary N) is 1. The molecule has 1 aromatic heterocycles. The summed E-state index contributed by atoms with van der Waals surface area (Å²) in [4.78, 5) is 24.5. The van der Waals surface area contributed by atoms with Crippen LogP contribution in [0.1, 0.15) is 50.4 Å². The van der Waals surface area contributed by atoms with Crippen molar-refractivity contribution in [3.63, 3.8) is 0 Å². The van der Waals surface area contributed by atoms with Crippen molar-refractivity contribution >= 4 is 38.3 Å². The van der Waals surface area contributed by atoms with E-state index in [0.29, 0.717) is 23.6 Å². The van der Waals surface area contributed by atoms with Gasteiger partial charge in [-0.1, -0.05) is 45.4 Å². The van der Waals surface area contributed by atoms with Gasteiger partial charge in [-0.3, -0.25) is 4.79 Å². The molecule has 0 aliphatic heterocycles. The first-order valence-corrected chi connectivity index (χ1v) is 8.83. The van der Waals surface area contributed by atoms with E-state index in [1.54, 1.807) is 0 Å². The molecular weight excluding hydrogens is 310 g/mol. The van der Waals surface area contributed by atoms with Gasteiger partial charge in [0.25, 0.3) is 0 Å². The topological polar surface area (TPSA) is 55.4 Å². The molecule has 2 aromatic rings. The number of benzene rings is 1. The van der Waals surface area contributed by atoms with E-state index in [-0.39, 0.29) is 17.8 Å². The number of fused-ring (bicyclic) bond motifs is 1. The molecule has 23 heavy (non-hydrogen) atoms. The third kappa shape index (κ3) is 4.55. The second-order valence-electron chi connectivity index (χ2n) is 5.94. The number of thiophene rings is 1. The van der Waals surface area contributed by atoms with Gasteiger partial charge in [-0.25, -0.2) is 4.79 Å². The van der Waals surface area contributed by atoms with Crippen molar-refractivity contribution in [1.82, 2.24) is 0 Å². The Hall–Kier alpha value is -1.88. The lowest BCUT2D eigenvalue weighted by Gasteiger charge is -2.08. The molecule has 0 bridgehead atoms. The first-order chi connectivity index (χ1) is 11.0. The van der Waals surface area contributed by atoms with E-state index in [9.17, 15) is 9.59 Å². The maximum Gasteiger partial charge on any atom is 0.341 e. The molecule has 1 heterocycles. The van der Waals surface area contributed by atoms with Crippen molar-refractivity contribution in [1.29, 1.82) is 0 Å².